The molecule has 0 atom stereocenters. The van der Waals surface area contributed by atoms with Crippen LogP contribution in [0.4, 0.5) is 43.7 Å². The van der Waals surface area contributed by atoms with Crippen LogP contribution in [0.1, 0.15) is 25.7 Å². The second-order valence-electron chi connectivity index (χ2n) is 26.2. The number of fused-ring (bicyclic) bond motifs is 6. The fraction of sp³-hybridized carbons (Fsp3) is 0.0789. The molecule has 38 nitrogen and oxygen atoms in total. The molecule has 6 N–H and O–H groups in total. The molecule has 14 rings (SSSR count). The van der Waals surface area contributed by atoms with Crippen LogP contribution >= 0.6 is 0 Å². The number of hydrogen-bond acceptors (Lipinski definition) is 32. The molecule has 0 aromatic heterocycles. The van der Waals surface area contributed by atoms with Gasteiger partial charge >= 0.3 is 130 Å². The number of rotatable bonds is 20. The van der Waals surface area contributed by atoms with Gasteiger partial charge in [-0.25, -0.2) is 43.3 Å². The van der Waals surface area contributed by atoms with Crippen molar-refractivity contribution >= 4 is 173 Å². The minimum atomic E-state index is -5.13. The van der Waals surface area contributed by atoms with Crippen molar-refractivity contribution < 1.29 is 234 Å². The first-order valence-corrected chi connectivity index (χ1v) is 42.7. The third kappa shape index (κ3) is 23.7. The van der Waals surface area contributed by atoms with E-state index in [2.05, 4.69) is 62.2 Å². The zero-order chi connectivity index (χ0) is 86.3. The molecular weight excluding hydrogens is 1780 g/mol. The topological polar surface area (TPSA) is 605 Å². The zero-order valence-electron chi connectivity index (χ0n) is 65.0. The number of anilines is 2. The maximum absolute atomic E-state index is 13.2. The number of urea groups is 2. The summed E-state index contributed by atoms with van der Waals surface area (Å²) in [7, 11) is -26.7. The number of carbonyl (C=O) groups excluding carboxylic acids is 6. The predicted molar refractivity (Wildman–Crippen MR) is 421 cm³/mol. The molecule has 6 aliphatic carbocycles. The van der Waals surface area contributed by atoms with E-state index >= 15 is 0 Å². The van der Waals surface area contributed by atoms with E-state index in [1.807, 2.05) is 0 Å². The summed E-state index contributed by atoms with van der Waals surface area (Å²) < 4.78 is 222. The summed E-state index contributed by atoms with van der Waals surface area (Å²) in [6.45, 7) is 0. The molecule has 48 heteroatoms. The van der Waals surface area contributed by atoms with Gasteiger partial charge in [-0.2, -0.15) is 37.3 Å². The van der Waals surface area contributed by atoms with Crippen molar-refractivity contribution in [2.24, 2.45) is 40.9 Å². The first-order valence-electron chi connectivity index (χ1n) is 34.1. The van der Waals surface area contributed by atoms with Gasteiger partial charge in [0.2, 0.25) is 0 Å². The van der Waals surface area contributed by atoms with Gasteiger partial charge in [0.05, 0.1) is 58.0 Å². The van der Waals surface area contributed by atoms with Crippen molar-refractivity contribution in [2.75, 3.05) is 24.9 Å². The molecule has 0 saturated carbocycles. The first kappa shape index (κ1) is 98.2. The molecule has 0 saturated heterocycles. The van der Waals surface area contributed by atoms with E-state index in [1.54, 1.807) is 0 Å². The molecule has 8 aromatic carbocycles. The number of allylic oxidation sites excluding steroid dienone is 18. The van der Waals surface area contributed by atoms with E-state index in [9.17, 15) is 107 Å². The molecule has 6 aliphatic rings. The summed E-state index contributed by atoms with van der Waals surface area (Å²) in [5.74, 6) is -1.55. The van der Waals surface area contributed by atoms with Crippen LogP contribution in [0.25, 0.3) is 43.1 Å². The van der Waals surface area contributed by atoms with Crippen molar-refractivity contribution in [1.29, 1.82) is 0 Å². The Morgan fingerprint density at radius 3 is 1.06 bits per heavy atom. The summed E-state index contributed by atoms with van der Waals surface area (Å²) in [5.41, 5.74) is -0.354. The Morgan fingerprint density at radius 1 is 0.363 bits per heavy atom. The number of azo groups is 4. The molecule has 0 unspecified atom stereocenters. The van der Waals surface area contributed by atoms with Crippen LogP contribution in [0.5, 0.6) is 0 Å². The van der Waals surface area contributed by atoms with Crippen molar-refractivity contribution in [3.05, 3.63) is 272 Å². The van der Waals surface area contributed by atoms with Gasteiger partial charge < -0.3 is 49.0 Å². The Bertz CT molecular complexity index is 6890. The van der Waals surface area contributed by atoms with E-state index in [0.717, 1.165) is 48.6 Å². The van der Waals surface area contributed by atoms with E-state index in [-0.39, 0.29) is 244 Å². The van der Waals surface area contributed by atoms with Crippen LogP contribution in [-0.2, 0) is 89.4 Å². The SMILES string of the molecule is COC1=C(N=NC2=C(S(=O)(=O)[O-])CC3=CC(NC(=O)Nc4ccc5cc(N=Nc6ccc7cc(S(=O)(=O)[O-])ccc7c6)c(S(=O)(=O)O)cc5c4)=CC(=O)C3=C2)CC(=O)C=C1.COC1=C(N=NC2=C(S(=O)(=O)[O-])CC3=CC(NC(=O)Nc4ccc5cc(N=Nc6ccc7cc(S(=O)(=O)[O-])ccc7c6)c(S(=O)(=O)O)cc5c4)=CC(=O)C3=C2)CC(=O)C=C1.[Na+].[Na+].[Na+].[Na+]. The maximum Gasteiger partial charge on any atom is 1.00 e. The van der Waals surface area contributed by atoms with E-state index < -0.39 is 138 Å². The molecule has 0 heterocycles. The molecule has 0 bridgehead atoms. The Hall–Kier alpha value is -9.64. The van der Waals surface area contributed by atoms with Gasteiger partial charge in [0.1, 0.15) is 95.9 Å². The Labute approximate surface area is 792 Å². The molecule has 0 radical (unpaired) electrons. The number of amides is 4. The van der Waals surface area contributed by atoms with Crippen molar-refractivity contribution in [1.82, 2.24) is 10.6 Å². The number of nitrogens with zero attached hydrogens (tertiary/aromatic N) is 8. The van der Waals surface area contributed by atoms with Crippen molar-refractivity contribution in [3.63, 3.8) is 0 Å². The minimum Gasteiger partial charge on any atom is -0.744 e. The largest absolute Gasteiger partial charge is 1.00 e. The molecule has 124 heavy (non-hydrogen) atoms. The van der Waals surface area contributed by atoms with Crippen molar-refractivity contribution in [3.8, 4) is 0 Å². The number of ether oxygens (including phenoxy) is 2. The molecule has 0 spiro atoms. The van der Waals surface area contributed by atoms with Crippen LogP contribution in [0.2, 0.25) is 0 Å². The number of ketones is 4. The van der Waals surface area contributed by atoms with Crippen LogP contribution < -0.4 is 139 Å². The third-order valence-electron chi connectivity index (χ3n) is 18.1. The number of hydrogen-bond donors (Lipinski definition) is 6. The Balaban J connectivity index is 0.000000272. The quantitative estimate of drug-likeness (QED) is 0.0333. The Morgan fingerprint density at radius 2 is 0.710 bits per heavy atom. The average Bonchev–Trinajstić information content (AvgIpc) is 0.761. The first-order chi connectivity index (χ1) is 56.5. The summed E-state index contributed by atoms with van der Waals surface area (Å²) in [4.78, 5) is 72.7. The fourth-order valence-electron chi connectivity index (χ4n) is 12.5. The van der Waals surface area contributed by atoms with Gasteiger partial charge in [-0.05, 0) is 200 Å². The van der Waals surface area contributed by atoms with Crippen LogP contribution in [0.3, 0.4) is 0 Å². The second kappa shape index (κ2) is 39.5. The normalized spacial score (nSPS) is 15.8. The van der Waals surface area contributed by atoms with Gasteiger partial charge in [-0.3, -0.25) is 28.3 Å². The minimum absolute atomic E-state index is 0. The van der Waals surface area contributed by atoms with E-state index in [1.165, 1.54) is 160 Å². The van der Waals surface area contributed by atoms with Gasteiger partial charge in [0.15, 0.2) is 23.1 Å². The fourth-order valence-corrected chi connectivity index (χ4v) is 16.2. The van der Waals surface area contributed by atoms with Gasteiger partial charge in [0, 0.05) is 58.9 Å². The van der Waals surface area contributed by atoms with Gasteiger partial charge in [0.25, 0.3) is 20.2 Å². The smallest absolute Gasteiger partial charge is 0.744 e. The standard InChI is InChI=1S/2C38H28N6O13S3.4Na/c2*1-57-35-9-7-28(45)18-31(35)42-44-33-19-30-24(16-37(33)60(54,55)56)12-27(17-34(30)46)40-38(47)39-25-5-2-22-14-32(36(59(51,52)53)15-23(22)11-25)43-41-26-6-3-21-13-29(58(48,49)50)8-4-20(21)10-26;;;;/h2*2-15,17,19H,16,18H2,1H3,(H2,39,40,47)(H,48,49,50)(H,51,52,53)(H,54,55,56);;;;/q;;4*+1/p-4. The molecule has 612 valence electrons. The molecule has 8 aromatic rings. The van der Waals surface area contributed by atoms with E-state index in [0.29, 0.717) is 32.3 Å². The third-order valence-corrected chi connectivity index (χ3v) is 23.5. The average molecular weight is 1830 g/mol. The van der Waals surface area contributed by atoms with Gasteiger partial charge in [-0.1, -0.05) is 36.4 Å². The maximum atomic E-state index is 13.2. The number of nitrogens with one attached hydrogen (secondary N) is 4. The summed E-state index contributed by atoms with van der Waals surface area (Å²) in [5, 5.41) is 45.0. The molecular formula is C76H52N12Na4O26S6. The van der Waals surface area contributed by atoms with Crippen LogP contribution in [0, 0.1) is 0 Å². The predicted octanol–water partition coefficient (Wildman–Crippen LogP) is 0.0156. The Kier molecular flexibility index (Phi) is 31.3. The molecule has 4 amide bonds. The summed E-state index contributed by atoms with van der Waals surface area (Å²) in [6.07, 6.45) is 10.6. The number of benzene rings is 8. The van der Waals surface area contributed by atoms with Crippen LogP contribution in [0.15, 0.2) is 333 Å². The molecule has 0 aliphatic heterocycles. The molecule has 0 fully saturated rings. The number of methoxy groups -OCH3 is 2. The van der Waals surface area contributed by atoms with Crippen molar-refractivity contribution in [2.45, 2.75) is 45.3 Å². The van der Waals surface area contributed by atoms with E-state index in [4.69, 9.17) is 9.47 Å². The van der Waals surface area contributed by atoms with Gasteiger partial charge in [-0.15, -0.1) is 20.5 Å². The number of carbonyl (C=O) groups is 6. The monoisotopic (exact) mass is 1830 g/mol. The zero-order valence-corrected chi connectivity index (χ0v) is 77.9. The summed E-state index contributed by atoms with van der Waals surface area (Å²) in [6, 6.07) is 28.3. The second-order valence-corrected chi connectivity index (χ2v) is 34.6. The summed E-state index contributed by atoms with van der Waals surface area (Å²) >= 11 is 0. The van der Waals surface area contributed by atoms with Crippen LogP contribution in [-0.4, -0.2) is 127 Å².